The van der Waals surface area contributed by atoms with Gasteiger partial charge in [0.15, 0.2) is 0 Å². The molecule has 0 atom stereocenters. The molecular weight excluding hydrogens is 361 g/mol. The van der Waals surface area contributed by atoms with Crippen LogP contribution in [0.1, 0.15) is 39.7 Å². The number of nitrogens with zero attached hydrogens (tertiary/aromatic N) is 2. The van der Waals surface area contributed by atoms with E-state index in [-0.39, 0.29) is 15.8 Å². The van der Waals surface area contributed by atoms with Crippen LogP contribution in [-0.4, -0.2) is 31.0 Å². The molecule has 3 rings (SSSR count). The van der Waals surface area contributed by atoms with Gasteiger partial charge in [0.1, 0.15) is 0 Å². The van der Waals surface area contributed by atoms with Crippen molar-refractivity contribution in [1.82, 2.24) is 9.38 Å². The molecule has 3 aromatic rings. The molecule has 0 unspecified atom stereocenters. The zero-order valence-corrected chi connectivity index (χ0v) is 16.1. The van der Waals surface area contributed by atoms with Crippen LogP contribution in [0.3, 0.4) is 0 Å². The van der Waals surface area contributed by atoms with E-state index in [9.17, 15) is 4.79 Å². The average molecular weight is 382 g/mol. The van der Waals surface area contributed by atoms with Crippen molar-refractivity contribution in [2.75, 3.05) is 0 Å². The van der Waals surface area contributed by atoms with Gasteiger partial charge in [0, 0.05) is 0 Å². The summed E-state index contributed by atoms with van der Waals surface area (Å²) >= 11 is -0.145. The number of benzene rings is 1. The molecule has 0 bridgehead atoms. The Morgan fingerprint density at radius 1 is 1.29 bits per heavy atom. The van der Waals surface area contributed by atoms with Gasteiger partial charge in [-0.3, -0.25) is 0 Å². The minimum atomic E-state index is -0.393. The van der Waals surface area contributed by atoms with Crippen LogP contribution in [0, 0.1) is 13.8 Å². The maximum absolute atomic E-state index is 11.6. The summed E-state index contributed by atoms with van der Waals surface area (Å²) in [5, 5.41) is 1.02. The Balaban J connectivity index is 2.00. The summed E-state index contributed by atoms with van der Waals surface area (Å²) in [6.07, 6.45) is 4.75. The van der Waals surface area contributed by atoms with Crippen LogP contribution in [0.2, 0.25) is 0 Å². The van der Waals surface area contributed by atoms with Crippen molar-refractivity contribution in [3.63, 3.8) is 0 Å². The van der Waals surface area contributed by atoms with Crippen molar-refractivity contribution in [3.8, 4) is 0 Å². The Bertz CT molecular complexity index is 914. The predicted molar refractivity (Wildman–Crippen MR) is 98.1 cm³/mol. The van der Waals surface area contributed by atoms with E-state index in [0.717, 1.165) is 27.3 Å². The van der Waals surface area contributed by atoms with Gasteiger partial charge in [-0.2, -0.15) is 0 Å². The van der Waals surface area contributed by atoms with Crippen molar-refractivity contribution >= 4 is 31.7 Å². The van der Waals surface area contributed by atoms with E-state index in [4.69, 9.17) is 5.73 Å². The summed E-state index contributed by atoms with van der Waals surface area (Å²) in [5.41, 5.74) is 12.1. The molecule has 0 saturated carbocycles. The molecule has 123 valence electrons. The second-order valence-electron chi connectivity index (χ2n) is 5.97. The van der Waals surface area contributed by atoms with Gasteiger partial charge in [0.2, 0.25) is 0 Å². The molecule has 0 aliphatic rings. The van der Waals surface area contributed by atoms with E-state index < -0.39 is 5.91 Å². The van der Waals surface area contributed by atoms with Crippen LogP contribution in [0.25, 0.3) is 5.65 Å². The first-order chi connectivity index (χ1) is 11.5. The van der Waals surface area contributed by atoms with E-state index in [2.05, 4.69) is 37.0 Å². The number of imidazole rings is 1. The van der Waals surface area contributed by atoms with Gasteiger partial charge >= 0.3 is 149 Å². The van der Waals surface area contributed by atoms with Crippen molar-refractivity contribution < 1.29 is 4.79 Å². The van der Waals surface area contributed by atoms with E-state index in [0.29, 0.717) is 5.56 Å². The van der Waals surface area contributed by atoms with Gasteiger partial charge < -0.3 is 0 Å². The van der Waals surface area contributed by atoms with Gasteiger partial charge in [0.05, 0.1) is 0 Å². The van der Waals surface area contributed by atoms with Crippen molar-refractivity contribution in [2.45, 2.75) is 32.4 Å². The van der Waals surface area contributed by atoms with E-state index in [1.807, 2.05) is 23.6 Å². The van der Waals surface area contributed by atoms with Gasteiger partial charge in [-0.05, 0) is 0 Å². The van der Waals surface area contributed by atoms with Crippen molar-refractivity contribution in [2.24, 2.45) is 5.73 Å². The third kappa shape index (κ3) is 3.25. The zero-order chi connectivity index (χ0) is 17.3. The number of hydrogen-bond acceptors (Lipinski definition) is 2. The minimum absolute atomic E-state index is 0.145. The van der Waals surface area contributed by atoms with E-state index in [1.165, 1.54) is 16.7 Å². The number of aryl methyl sites for hydroxylation is 3. The van der Waals surface area contributed by atoms with Gasteiger partial charge in [-0.15, -0.1) is 0 Å². The molecule has 1 aromatic carbocycles. The van der Waals surface area contributed by atoms with E-state index >= 15 is 0 Å². The van der Waals surface area contributed by atoms with Gasteiger partial charge in [-0.25, -0.2) is 0 Å². The monoisotopic (exact) mass is 382 g/mol. The van der Waals surface area contributed by atoms with Crippen LogP contribution in [0.15, 0.2) is 36.7 Å². The van der Waals surface area contributed by atoms with Crippen LogP contribution < -0.4 is 10.1 Å². The molecule has 0 fully saturated rings. The first-order valence-corrected chi connectivity index (χ1v) is 10.3. The molecule has 24 heavy (non-hydrogen) atoms. The number of hydrogen-bond donors (Lipinski definition) is 1. The number of aromatic nitrogens is 2. The standard InChI is InChI=1S/C19H21AsN3O/c1-4-14-7-5-6-12(2)16(14)9-20-17-8-15(18(21)24)11-23-10-13(3)22-19(17)23/h5-8,10-11H,4,9H2,1-3H3,(H2,21,24). The Hall–Kier alpha value is -2.06. The summed E-state index contributed by atoms with van der Waals surface area (Å²) in [6.45, 7) is 6.33. The number of primary amides is 1. The van der Waals surface area contributed by atoms with Crippen molar-refractivity contribution in [3.05, 3.63) is 64.6 Å². The summed E-state index contributed by atoms with van der Waals surface area (Å²) < 4.78 is 3.08. The second kappa shape index (κ2) is 6.82. The average Bonchev–Trinajstić information content (AvgIpc) is 2.93. The third-order valence-electron chi connectivity index (χ3n) is 4.23. The third-order valence-corrected chi connectivity index (χ3v) is 6.63. The fourth-order valence-corrected chi connectivity index (χ4v) is 5.70. The van der Waals surface area contributed by atoms with Gasteiger partial charge in [-0.1, -0.05) is 0 Å². The molecule has 0 saturated heterocycles. The normalized spacial score (nSPS) is 11.6. The number of fused-ring (bicyclic) bond motifs is 1. The van der Waals surface area contributed by atoms with Crippen LogP contribution >= 0.6 is 0 Å². The summed E-state index contributed by atoms with van der Waals surface area (Å²) in [4.78, 5) is 16.3. The molecule has 0 spiro atoms. The molecule has 1 radical (unpaired) electrons. The van der Waals surface area contributed by atoms with Crippen LogP contribution in [0.4, 0.5) is 0 Å². The van der Waals surface area contributed by atoms with Gasteiger partial charge in [0.25, 0.3) is 0 Å². The topological polar surface area (TPSA) is 60.4 Å². The predicted octanol–water partition coefficient (Wildman–Crippen LogP) is 2.14. The number of carbonyl (C=O) groups is 1. The molecule has 2 heterocycles. The maximum atomic E-state index is 11.6. The summed E-state index contributed by atoms with van der Waals surface area (Å²) in [5.74, 6) is -0.393. The van der Waals surface area contributed by atoms with E-state index in [1.54, 1.807) is 6.20 Å². The molecule has 1 amide bonds. The number of pyridine rings is 1. The first-order valence-electron chi connectivity index (χ1n) is 8.03. The zero-order valence-electron chi connectivity index (χ0n) is 14.2. The fraction of sp³-hybridized carbons (Fsp3) is 0.263. The fourth-order valence-electron chi connectivity index (χ4n) is 2.94. The number of carbonyl (C=O) groups excluding carboxylic acids is 1. The number of amides is 1. The summed E-state index contributed by atoms with van der Waals surface area (Å²) in [6, 6.07) is 8.43. The number of nitrogens with two attached hydrogens (primary N) is 1. The molecule has 4 nitrogen and oxygen atoms in total. The second-order valence-corrected chi connectivity index (χ2v) is 8.31. The molecular formula is C19H21AsN3O. The first kappa shape index (κ1) is 16.8. The van der Waals surface area contributed by atoms with Crippen LogP contribution in [0.5, 0.6) is 0 Å². The molecule has 2 N–H and O–H groups in total. The SMILES string of the molecule is CCc1cccc(C)c1C[As]c1cc(C(N)=O)cn2cc(C)nc12. The Kier molecular flexibility index (Phi) is 4.77. The number of rotatable bonds is 5. The van der Waals surface area contributed by atoms with Crippen molar-refractivity contribution in [1.29, 1.82) is 0 Å². The van der Waals surface area contributed by atoms with Crippen LogP contribution in [-0.2, 0) is 11.6 Å². The quantitative estimate of drug-likeness (QED) is 0.688. The molecule has 0 aliphatic heterocycles. The molecule has 2 aromatic heterocycles. The Labute approximate surface area is 148 Å². The Morgan fingerprint density at radius 3 is 2.79 bits per heavy atom. The Morgan fingerprint density at radius 2 is 2.08 bits per heavy atom. The molecule has 0 aliphatic carbocycles. The summed E-state index contributed by atoms with van der Waals surface area (Å²) in [7, 11) is 0. The molecule has 5 heteroatoms.